The molecule has 0 amide bonds. The maximum atomic E-state index is 17.4. The van der Waals surface area contributed by atoms with Crippen molar-refractivity contribution in [3.05, 3.63) is 218 Å². The molecule has 3 heterocycles. The fourth-order valence-electron chi connectivity index (χ4n) is 10.0. The average Bonchev–Trinajstić information content (AvgIpc) is 3.41. The van der Waals surface area contributed by atoms with Gasteiger partial charge in [-0.1, -0.05) is 146 Å². The summed E-state index contributed by atoms with van der Waals surface area (Å²) in [6.45, 7) is 0. The van der Waals surface area contributed by atoms with Crippen LogP contribution in [0.5, 0.6) is 0 Å². The van der Waals surface area contributed by atoms with Gasteiger partial charge in [-0.15, -0.1) is 0 Å². The van der Waals surface area contributed by atoms with Crippen molar-refractivity contribution in [1.29, 1.82) is 0 Å². The van der Waals surface area contributed by atoms with E-state index >= 15 is 38.9 Å². The SMILES string of the molecule is O=P1(c2ccccc2)c2cc(S(=O)(=O)c3ccccc3)cc3c2N2c4c1cc(S(=O)(=O)c1ccccc1)cc4P(=O)(c1ccccc1)c1cc(S(=O)(=O)c4ccccc4)cc(c12)P3(=O)c1ccccc1. The zero-order chi connectivity index (χ0) is 48.4. The Kier molecular flexibility index (Phi) is 9.96. The van der Waals surface area contributed by atoms with Crippen LogP contribution >= 0.6 is 21.4 Å². The molecule has 0 unspecified atom stereocenters. The molecule has 0 radical (unpaired) electrons. The number of hydrogen-bond donors (Lipinski definition) is 0. The van der Waals surface area contributed by atoms with Crippen LogP contribution in [0.25, 0.3) is 0 Å². The van der Waals surface area contributed by atoms with E-state index in [2.05, 4.69) is 0 Å². The molecule has 12 rings (SSSR count). The van der Waals surface area contributed by atoms with E-state index in [0.717, 1.165) is 0 Å². The minimum Gasteiger partial charge on any atom is -0.308 e. The Morgan fingerprint density at radius 1 is 0.257 bits per heavy atom. The van der Waals surface area contributed by atoms with Crippen molar-refractivity contribution in [2.45, 2.75) is 29.4 Å². The fraction of sp³-hybridized carbons (Fsp3) is 0. The van der Waals surface area contributed by atoms with Crippen LogP contribution in [0.2, 0.25) is 0 Å². The third kappa shape index (κ3) is 6.10. The van der Waals surface area contributed by atoms with Crippen molar-refractivity contribution in [1.82, 2.24) is 0 Å². The maximum Gasteiger partial charge on any atom is 0.206 e. The molecular formula is C54H36NO9P3S3. The van der Waals surface area contributed by atoms with E-state index < -0.39 is 50.9 Å². The Bertz CT molecular complexity index is 3660. The number of hydrogen-bond acceptors (Lipinski definition) is 10. The topological polar surface area (TPSA) is 157 Å². The van der Waals surface area contributed by atoms with Gasteiger partial charge >= 0.3 is 0 Å². The first-order valence-corrected chi connectivity index (χ1v) is 31.5. The van der Waals surface area contributed by atoms with Gasteiger partial charge in [-0.25, -0.2) is 25.3 Å². The molecule has 0 N–H and O–H groups in total. The highest BCUT2D eigenvalue weighted by Gasteiger charge is 2.57. The second kappa shape index (κ2) is 15.7. The van der Waals surface area contributed by atoms with E-state index in [4.69, 9.17) is 0 Å². The lowest BCUT2D eigenvalue weighted by Crippen LogP contribution is -2.53. The predicted molar refractivity (Wildman–Crippen MR) is 276 cm³/mol. The van der Waals surface area contributed by atoms with E-state index in [-0.39, 0.29) is 94.2 Å². The molecular weight excluding hydrogens is 996 g/mol. The van der Waals surface area contributed by atoms with Crippen molar-refractivity contribution < 1.29 is 38.9 Å². The minimum atomic E-state index is -4.56. The van der Waals surface area contributed by atoms with Crippen LogP contribution in [0.15, 0.2) is 248 Å². The molecule has 10 nitrogen and oxygen atoms in total. The fourth-order valence-corrected chi connectivity index (χ4v) is 24.1. The minimum absolute atomic E-state index is 0.0522. The van der Waals surface area contributed by atoms with Gasteiger partial charge in [0.2, 0.25) is 29.5 Å². The first-order chi connectivity index (χ1) is 33.6. The molecule has 70 heavy (non-hydrogen) atoms. The predicted octanol–water partition coefficient (Wildman–Crippen LogP) is 7.51. The lowest BCUT2D eigenvalue weighted by atomic mass is 10.1. The lowest BCUT2D eigenvalue weighted by Gasteiger charge is -2.49. The number of benzene rings is 9. The Morgan fingerprint density at radius 3 is 0.643 bits per heavy atom. The van der Waals surface area contributed by atoms with Crippen LogP contribution < -0.4 is 52.6 Å². The number of nitrogens with zero attached hydrogens (tertiary/aromatic N) is 1. The Morgan fingerprint density at radius 2 is 0.443 bits per heavy atom. The van der Waals surface area contributed by atoms with Gasteiger partial charge in [0.15, 0.2) is 21.4 Å². The van der Waals surface area contributed by atoms with E-state index in [1.54, 1.807) is 150 Å². The number of anilines is 3. The molecule has 0 atom stereocenters. The molecule has 0 bridgehead atoms. The highest BCUT2D eigenvalue weighted by atomic mass is 32.2. The third-order valence-corrected chi connectivity index (χ3v) is 27.7. The zero-order valence-electron chi connectivity index (χ0n) is 36.5. The molecule has 0 spiro atoms. The van der Waals surface area contributed by atoms with Gasteiger partial charge in [0, 0.05) is 47.7 Å². The van der Waals surface area contributed by atoms with E-state index in [0.29, 0.717) is 0 Å². The third-order valence-electron chi connectivity index (χ3n) is 13.3. The van der Waals surface area contributed by atoms with Crippen molar-refractivity contribution in [3.8, 4) is 0 Å². The lowest BCUT2D eigenvalue weighted by molar-refractivity contribution is 0.591. The second-order valence-corrected chi connectivity index (χ2v) is 31.0. The molecule has 0 saturated heterocycles. The van der Waals surface area contributed by atoms with Gasteiger partial charge < -0.3 is 18.6 Å². The first kappa shape index (κ1) is 44.5. The van der Waals surface area contributed by atoms with Crippen LogP contribution in [-0.4, -0.2) is 25.3 Å². The summed E-state index contributed by atoms with van der Waals surface area (Å²) in [6, 6.07) is 55.8. The second-order valence-electron chi connectivity index (χ2n) is 17.0. The summed E-state index contributed by atoms with van der Waals surface area (Å²) < 4.78 is 143. The highest BCUT2D eigenvalue weighted by molar-refractivity contribution is 7.93. The van der Waals surface area contributed by atoms with Crippen LogP contribution in [-0.2, 0) is 43.2 Å². The summed E-state index contributed by atoms with van der Waals surface area (Å²) >= 11 is 0. The van der Waals surface area contributed by atoms with E-state index in [9.17, 15) is 0 Å². The summed E-state index contributed by atoms with van der Waals surface area (Å²) in [5.74, 6) is 0. The molecule has 9 aromatic rings. The van der Waals surface area contributed by atoms with E-state index in [1.807, 2.05) is 0 Å². The molecule has 344 valence electrons. The highest BCUT2D eigenvalue weighted by Crippen LogP contribution is 2.66. The van der Waals surface area contributed by atoms with Gasteiger partial charge in [-0.05, 0) is 72.8 Å². The van der Waals surface area contributed by atoms with Gasteiger partial charge in [0.05, 0.1) is 46.4 Å². The normalized spacial score (nSPS) is 19.8. The Hall–Kier alpha value is -6.68. The van der Waals surface area contributed by atoms with Gasteiger partial charge in [0.1, 0.15) is 0 Å². The number of rotatable bonds is 9. The summed E-state index contributed by atoms with van der Waals surface area (Å²) in [5, 5.41) is 0.291. The molecule has 3 aliphatic heterocycles. The Balaban J connectivity index is 1.34. The van der Waals surface area contributed by atoms with Crippen LogP contribution in [0.1, 0.15) is 0 Å². The van der Waals surface area contributed by atoms with Crippen LogP contribution in [0, 0.1) is 0 Å². The van der Waals surface area contributed by atoms with Gasteiger partial charge in [-0.2, -0.15) is 0 Å². The van der Waals surface area contributed by atoms with Crippen molar-refractivity contribution >= 4 is 116 Å². The molecule has 0 saturated carbocycles. The van der Waals surface area contributed by atoms with Crippen LogP contribution in [0.3, 0.4) is 0 Å². The van der Waals surface area contributed by atoms with Crippen molar-refractivity contribution in [3.63, 3.8) is 0 Å². The summed E-state index contributed by atoms with van der Waals surface area (Å²) in [7, 11) is -27.2. The molecule has 16 heteroatoms. The largest absolute Gasteiger partial charge is 0.308 e. The zero-order valence-corrected chi connectivity index (χ0v) is 41.6. The molecule has 3 aliphatic rings. The Labute approximate surface area is 404 Å². The van der Waals surface area contributed by atoms with Crippen molar-refractivity contribution in [2.75, 3.05) is 4.90 Å². The average molecular weight is 1030 g/mol. The first-order valence-electron chi connectivity index (χ1n) is 21.9. The monoisotopic (exact) mass is 1030 g/mol. The van der Waals surface area contributed by atoms with Gasteiger partial charge in [-0.3, -0.25) is 0 Å². The molecule has 0 aliphatic carbocycles. The summed E-state index contributed by atoms with van der Waals surface area (Å²) in [4.78, 5) is 0.335. The standard InChI is InChI=1S/C54H36NO9P3S3/c56-65(37-19-7-1-8-20-37)46-31-43(68(59,60)40-25-13-4-14-26-40)33-48-52(46)55-53-47(65)32-44(69(61,62)41-27-15-5-16-28-41)34-49(53)67(58,39-23-11-3-12-24-39)51-36-45(70(63,64)42-29-17-6-18-30-42)35-50(54(51)55)66(48,57)38-21-9-2-10-22-38/h1-36H. The molecule has 0 aromatic heterocycles. The van der Waals surface area contributed by atoms with Gasteiger partial charge in [0.25, 0.3) is 0 Å². The molecule has 9 aromatic carbocycles. The van der Waals surface area contributed by atoms with E-state index in [1.165, 1.54) is 72.8 Å². The smallest absolute Gasteiger partial charge is 0.206 e. The number of sulfone groups is 3. The molecule has 0 fully saturated rings. The summed E-state index contributed by atoms with van der Waals surface area (Å²) in [5.41, 5.74) is 0.307. The maximum absolute atomic E-state index is 17.4. The quantitative estimate of drug-likeness (QED) is 0.133. The summed E-state index contributed by atoms with van der Waals surface area (Å²) in [6.07, 6.45) is 0. The van der Waals surface area contributed by atoms with Crippen molar-refractivity contribution in [2.24, 2.45) is 0 Å². The van der Waals surface area contributed by atoms with Crippen LogP contribution in [0.4, 0.5) is 17.1 Å².